The highest BCUT2D eigenvalue weighted by molar-refractivity contribution is 8.26. The zero-order valence-electron chi connectivity index (χ0n) is 19.1. The molecule has 0 aromatic heterocycles. The molecule has 3 amide bonds. The van der Waals surface area contributed by atoms with Crippen LogP contribution in [-0.4, -0.2) is 66.6 Å². The fourth-order valence-corrected chi connectivity index (χ4v) is 7.67. The van der Waals surface area contributed by atoms with Gasteiger partial charge in [0.25, 0.3) is 11.8 Å². The van der Waals surface area contributed by atoms with Crippen molar-refractivity contribution < 1.29 is 27.5 Å². The molecule has 186 valence electrons. The standard InChI is InChI=1S/C24H21N3O6S3/c1-33-16-8-6-14(7-9-16)25-19(28)12-26-18-5-3-2-4-17(18)20(22(26)29)21-23(30)27(24(34)35-21)15-10-11-36(31,32)13-15/h2-9,15H,10-13H2,1H3,(H,25,28)/b21-20+/t15-/m0/s1. The molecule has 2 aromatic carbocycles. The summed E-state index contributed by atoms with van der Waals surface area (Å²) in [4.78, 5) is 42.5. The van der Waals surface area contributed by atoms with Crippen LogP contribution in [0.5, 0.6) is 5.75 Å². The molecule has 0 saturated carbocycles. The summed E-state index contributed by atoms with van der Waals surface area (Å²) in [6, 6.07) is 13.2. The van der Waals surface area contributed by atoms with E-state index in [4.69, 9.17) is 17.0 Å². The van der Waals surface area contributed by atoms with Gasteiger partial charge in [0, 0.05) is 11.3 Å². The van der Waals surface area contributed by atoms with Crippen molar-refractivity contribution in [2.24, 2.45) is 0 Å². The highest BCUT2D eigenvalue weighted by Gasteiger charge is 2.46. The third-order valence-electron chi connectivity index (χ3n) is 6.20. The number of sulfone groups is 1. The molecule has 0 bridgehead atoms. The maximum Gasteiger partial charge on any atom is 0.267 e. The molecule has 1 atom stereocenters. The van der Waals surface area contributed by atoms with E-state index < -0.39 is 33.6 Å². The summed E-state index contributed by atoms with van der Waals surface area (Å²) in [6.07, 6.45) is 0.305. The minimum Gasteiger partial charge on any atom is -0.497 e. The number of para-hydroxylation sites is 1. The van der Waals surface area contributed by atoms with E-state index in [1.807, 2.05) is 0 Å². The maximum absolute atomic E-state index is 13.6. The molecule has 0 spiro atoms. The third kappa shape index (κ3) is 4.40. The molecule has 2 aromatic rings. The van der Waals surface area contributed by atoms with Gasteiger partial charge in [-0.25, -0.2) is 8.42 Å². The summed E-state index contributed by atoms with van der Waals surface area (Å²) < 4.78 is 29.3. The van der Waals surface area contributed by atoms with Crippen LogP contribution in [-0.2, 0) is 24.2 Å². The first kappa shape index (κ1) is 24.5. The number of rotatable bonds is 5. The van der Waals surface area contributed by atoms with Crippen LogP contribution >= 0.6 is 24.0 Å². The second-order valence-corrected chi connectivity index (χ2v) is 12.4. The average Bonchev–Trinajstić information content (AvgIpc) is 3.44. The van der Waals surface area contributed by atoms with Gasteiger partial charge in [-0.15, -0.1) is 0 Å². The van der Waals surface area contributed by atoms with E-state index in [0.717, 1.165) is 11.8 Å². The summed E-state index contributed by atoms with van der Waals surface area (Å²) in [7, 11) is -1.69. The van der Waals surface area contributed by atoms with Crippen molar-refractivity contribution in [3.63, 3.8) is 0 Å². The maximum atomic E-state index is 13.6. The van der Waals surface area contributed by atoms with Gasteiger partial charge in [-0.05, 0) is 36.8 Å². The predicted octanol–water partition coefficient (Wildman–Crippen LogP) is 2.44. The van der Waals surface area contributed by atoms with Crippen molar-refractivity contribution in [3.8, 4) is 5.75 Å². The second kappa shape index (κ2) is 9.34. The van der Waals surface area contributed by atoms with Crippen LogP contribution in [0.1, 0.15) is 12.0 Å². The van der Waals surface area contributed by atoms with Crippen LogP contribution in [0.4, 0.5) is 11.4 Å². The highest BCUT2D eigenvalue weighted by Crippen LogP contribution is 2.45. The number of thioether (sulfide) groups is 1. The zero-order chi connectivity index (χ0) is 25.6. The summed E-state index contributed by atoms with van der Waals surface area (Å²) in [5.41, 5.74) is 1.76. The van der Waals surface area contributed by atoms with E-state index in [9.17, 15) is 22.8 Å². The molecule has 0 unspecified atom stereocenters. The molecular weight excluding hydrogens is 522 g/mol. The molecule has 5 rings (SSSR count). The lowest BCUT2D eigenvalue weighted by atomic mass is 10.1. The number of anilines is 2. The van der Waals surface area contributed by atoms with Crippen LogP contribution in [0.2, 0.25) is 0 Å². The Bertz CT molecular complexity index is 1440. The Balaban J connectivity index is 1.42. The molecule has 0 aliphatic carbocycles. The van der Waals surface area contributed by atoms with Crippen molar-refractivity contribution in [3.05, 3.63) is 59.0 Å². The van der Waals surface area contributed by atoms with Crippen molar-refractivity contribution in [1.29, 1.82) is 0 Å². The molecular formula is C24H21N3O6S3. The lowest BCUT2D eigenvalue weighted by Gasteiger charge is -2.21. The van der Waals surface area contributed by atoms with E-state index in [-0.39, 0.29) is 32.8 Å². The van der Waals surface area contributed by atoms with Gasteiger partial charge in [0.05, 0.1) is 40.8 Å². The Morgan fingerprint density at radius 2 is 1.86 bits per heavy atom. The first-order chi connectivity index (χ1) is 17.2. The van der Waals surface area contributed by atoms with Crippen LogP contribution in [0, 0.1) is 0 Å². The highest BCUT2D eigenvalue weighted by atomic mass is 32.2. The molecule has 12 heteroatoms. The van der Waals surface area contributed by atoms with Gasteiger partial charge in [-0.2, -0.15) is 0 Å². The van der Waals surface area contributed by atoms with E-state index in [1.165, 1.54) is 9.80 Å². The van der Waals surface area contributed by atoms with Crippen LogP contribution in [0.3, 0.4) is 0 Å². The zero-order valence-corrected chi connectivity index (χ0v) is 21.5. The Labute approximate surface area is 217 Å². The van der Waals surface area contributed by atoms with Crippen LogP contribution in [0.25, 0.3) is 5.57 Å². The number of thiocarbonyl (C=S) groups is 1. The van der Waals surface area contributed by atoms with Gasteiger partial charge in [0.2, 0.25) is 5.91 Å². The fraction of sp³-hybridized carbons (Fsp3) is 0.250. The van der Waals surface area contributed by atoms with Gasteiger partial charge in [-0.1, -0.05) is 42.2 Å². The number of ether oxygens (including phenoxy) is 1. The molecule has 36 heavy (non-hydrogen) atoms. The lowest BCUT2D eigenvalue weighted by molar-refractivity contribution is -0.123. The molecule has 0 radical (unpaired) electrons. The van der Waals surface area contributed by atoms with E-state index in [1.54, 1.807) is 55.6 Å². The van der Waals surface area contributed by atoms with Gasteiger partial charge in [-0.3, -0.25) is 24.2 Å². The number of nitrogens with one attached hydrogen (secondary N) is 1. The monoisotopic (exact) mass is 543 g/mol. The number of nitrogens with zero attached hydrogens (tertiary/aromatic N) is 2. The largest absolute Gasteiger partial charge is 0.497 e. The minimum atomic E-state index is -3.23. The van der Waals surface area contributed by atoms with Gasteiger partial charge >= 0.3 is 0 Å². The quantitative estimate of drug-likeness (QED) is 0.452. The number of hydrogen-bond donors (Lipinski definition) is 1. The van der Waals surface area contributed by atoms with Gasteiger partial charge in [0.1, 0.15) is 16.6 Å². The molecule has 3 aliphatic rings. The molecule has 3 heterocycles. The summed E-state index contributed by atoms with van der Waals surface area (Å²) in [5, 5.41) is 2.76. The molecule has 9 nitrogen and oxygen atoms in total. The second-order valence-electron chi connectivity index (χ2n) is 8.49. The molecule has 2 saturated heterocycles. The number of benzene rings is 2. The lowest BCUT2D eigenvalue weighted by Crippen LogP contribution is -2.39. The van der Waals surface area contributed by atoms with Crippen molar-refractivity contribution in [2.75, 3.05) is 35.4 Å². The van der Waals surface area contributed by atoms with Crippen LogP contribution in [0.15, 0.2) is 53.4 Å². The number of amides is 3. The molecule has 3 aliphatic heterocycles. The number of methoxy groups -OCH3 is 1. The van der Waals surface area contributed by atoms with Crippen molar-refractivity contribution in [2.45, 2.75) is 12.5 Å². The summed E-state index contributed by atoms with van der Waals surface area (Å²) in [5.74, 6) is -0.874. The topological polar surface area (TPSA) is 113 Å². The average molecular weight is 544 g/mol. The normalized spacial score (nSPS) is 22.8. The SMILES string of the molecule is COc1ccc(NC(=O)CN2C(=O)/C(=C3/SC(=S)N([C@H]4CCS(=O)(=O)C4)C3=O)c3ccccc32)cc1. The number of carbonyl (C=O) groups is 3. The minimum absolute atomic E-state index is 0.000516. The van der Waals surface area contributed by atoms with Crippen molar-refractivity contribution >= 4 is 72.8 Å². The Hall–Kier alpha value is -3.22. The van der Waals surface area contributed by atoms with Gasteiger partial charge < -0.3 is 10.1 Å². The summed E-state index contributed by atoms with van der Waals surface area (Å²) in [6.45, 7) is -0.257. The first-order valence-corrected chi connectivity index (χ1v) is 14.1. The van der Waals surface area contributed by atoms with E-state index >= 15 is 0 Å². The predicted molar refractivity (Wildman–Crippen MR) is 141 cm³/mol. The Morgan fingerprint density at radius 3 is 2.53 bits per heavy atom. The van der Waals surface area contributed by atoms with Crippen molar-refractivity contribution in [1.82, 2.24) is 4.90 Å². The molecule has 2 fully saturated rings. The smallest absolute Gasteiger partial charge is 0.267 e. The summed E-state index contributed by atoms with van der Waals surface area (Å²) >= 11 is 6.40. The number of hydrogen-bond acceptors (Lipinski definition) is 8. The fourth-order valence-electron chi connectivity index (χ4n) is 4.50. The van der Waals surface area contributed by atoms with E-state index in [2.05, 4.69) is 5.32 Å². The number of fused-ring (bicyclic) bond motifs is 1. The Kier molecular flexibility index (Phi) is 6.35. The first-order valence-electron chi connectivity index (χ1n) is 11.0. The van der Waals surface area contributed by atoms with Crippen LogP contribution < -0.4 is 15.0 Å². The van der Waals surface area contributed by atoms with Gasteiger partial charge in [0.15, 0.2) is 9.84 Å². The number of carbonyl (C=O) groups excluding carboxylic acids is 3. The molecule has 1 N–H and O–H groups in total. The third-order valence-corrected chi connectivity index (χ3v) is 9.35. The van der Waals surface area contributed by atoms with E-state index in [0.29, 0.717) is 29.1 Å². The Morgan fingerprint density at radius 1 is 1.14 bits per heavy atom.